The number of nitrogens with zero attached hydrogens (tertiary/aromatic N) is 1. The highest BCUT2D eigenvalue weighted by Crippen LogP contribution is 2.32. The van der Waals surface area contributed by atoms with E-state index in [1.54, 1.807) is 46.1 Å². The van der Waals surface area contributed by atoms with E-state index in [1.807, 2.05) is 24.3 Å². The van der Waals surface area contributed by atoms with Crippen LogP contribution in [0.2, 0.25) is 0 Å². The topological polar surface area (TPSA) is 203 Å². The summed E-state index contributed by atoms with van der Waals surface area (Å²) in [6.07, 6.45) is 5.62. The summed E-state index contributed by atoms with van der Waals surface area (Å²) >= 11 is 0. The largest absolute Gasteiger partial charge is 0.508 e. The van der Waals surface area contributed by atoms with Gasteiger partial charge in [0, 0.05) is 43.0 Å². The lowest BCUT2D eigenvalue weighted by Gasteiger charge is -2.29. The molecule has 0 saturated carbocycles. The van der Waals surface area contributed by atoms with E-state index >= 15 is 0 Å². The van der Waals surface area contributed by atoms with Gasteiger partial charge in [0.1, 0.15) is 17.8 Å². The SMILES string of the molecule is CN[C@@H](Cc1cnc[nH]1)C(=O)N[C@@H](CCC(=O)O)C(=O)N[C@@H](Cc1ccc(O)cc1)C(=O)N[C@@H](CC1=CCc2ccccc21)C(=O)C(C)(C)C. The zero-order valence-electron chi connectivity index (χ0n) is 28.8. The first-order chi connectivity index (χ1) is 23.7. The van der Waals surface area contributed by atoms with Gasteiger partial charge in [0.2, 0.25) is 17.7 Å². The number of Topliss-reactive ketones (excluding diaryl/α,β-unsaturated/α-hetero) is 1. The number of amides is 3. The van der Waals surface area contributed by atoms with Gasteiger partial charge in [-0.3, -0.25) is 24.0 Å². The van der Waals surface area contributed by atoms with Gasteiger partial charge in [-0.2, -0.15) is 0 Å². The minimum Gasteiger partial charge on any atom is -0.508 e. The first-order valence-electron chi connectivity index (χ1n) is 16.6. The summed E-state index contributed by atoms with van der Waals surface area (Å²) in [6, 6.07) is 9.81. The van der Waals surface area contributed by atoms with Gasteiger partial charge in [-0.25, -0.2) is 4.98 Å². The third-order valence-electron chi connectivity index (χ3n) is 8.66. The van der Waals surface area contributed by atoms with Crippen molar-refractivity contribution in [2.45, 2.75) is 83.5 Å². The lowest BCUT2D eigenvalue weighted by molar-refractivity contribution is -0.138. The number of carbonyl (C=O) groups is 5. The maximum Gasteiger partial charge on any atom is 0.303 e. The molecule has 13 nitrogen and oxygen atoms in total. The molecule has 0 fully saturated rings. The van der Waals surface area contributed by atoms with E-state index in [1.165, 1.54) is 18.5 Å². The number of likely N-dealkylation sites (N-methyl/N-ethyl adjacent to an activating group) is 1. The number of allylic oxidation sites excluding steroid dienone is 1. The molecule has 1 heterocycles. The van der Waals surface area contributed by atoms with Gasteiger partial charge in [-0.05, 0) is 54.3 Å². The number of fused-ring (bicyclic) bond motifs is 1. The molecule has 1 aliphatic carbocycles. The molecule has 0 radical (unpaired) electrons. The Morgan fingerprint density at radius 3 is 2.12 bits per heavy atom. The quantitative estimate of drug-likeness (QED) is 0.111. The second-order valence-electron chi connectivity index (χ2n) is 13.5. The van der Waals surface area contributed by atoms with E-state index in [0.29, 0.717) is 11.3 Å². The number of imidazole rings is 1. The third-order valence-corrected chi connectivity index (χ3v) is 8.66. The molecule has 0 spiro atoms. The fourth-order valence-electron chi connectivity index (χ4n) is 5.87. The molecule has 1 aromatic heterocycles. The Balaban J connectivity index is 1.58. The van der Waals surface area contributed by atoms with E-state index < -0.39 is 59.7 Å². The molecule has 50 heavy (non-hydrogen) atoms. The van der Waals surface area contributed by atoms with Crippen molar-refractivity contribution in [3.05, 3.63) is 89.5 Å². The molecule has 0 unspecified atom stereocenters. The number of aliphatic carboxylic acids is 1. The smallest absolute Gasteiger partial charge is 0.303 e. The second kappa shape index (κ2) is 16.9. The number of carboxylic acids is 1. The highest BCUT2D eigenvalue weighted by Gasteiger charge is 2.35. The number of phenolic OH excluding ortho intramolecular Hbond substituents is 1. The van der Waals surface area contributed by atoms with Gasteiger partial charge in [-0.15, -0.1) is 0 Å². The fourth-order valence-corrected chi connectivity index (χ4v) is 5.87. The molecule has 266 valence electrons. The number of rotatable bonds is 17. The standard InChI is InChI=1S/C37H46N6O7/c1-37(2,3)33(47)29(18-24-12-11-23-7-5-6-8-27(23)24)42-36(50)31(17-22-9-13-26(44)14-10-22)43-34(48)28(15-16-32(45)46)41-35(49)30(38-4)19-25-20-39-21-40-25/h5-10,12-14,20-21,28-31,38,44H,11,15-19H2,1-4H3,(H,39,40)(H,41,49)(H,42,50)(H,43,48)(H,45,46)/t28-,29-,30-,31-/m0/s1. The zero-order valence-corrected chi connectivity index (χ0v) is 28.8. The molecule has 2 aromatic carbocycles. The molecule has 3 amide bonds. The summed E-state index contributed by atoms with van der Waals surface area (Å²) in [5, 5.41) is 30.4. The average molecular weight is 687 g/mol. The van der Waals surface area contributed by atoms with Crippen molar-refractivity contribution >= 4 is 35.0 Å². The monoisotopic (exact) mass is 686 g/mol. The van der Waals surface area contributed by atoms with Crippen LogP contribution in [0.1, 0.15) is 62.4 Å². The summed E-state index contributed by atoms with van der Waals surface area (Å²) < 4.78 is 0. The number of hydrogen-bond acceptors (Lipinski definition) is 8. The Kier molecular flexibility index (Phi) is 12.7. The summed E-state index contributed by atoms with van der Waals surface area (Å²) in [7, 11) is 1.58. The van der Waals surface area contributed by atoms with Crippen molar-refractivity contribution in [1.29, 1.82) is 0 Å². The summed E-state index contributed by atoms with van der Waals surface area (Å²) in [4.78, 5) is 73.4. The van der Waals surface area contributed by atoms with Crippen molar-refractivity contribution in [3.63, 3.8) is 0 Å². The van der Waals surface area contributed by atoms with Crippen LogP contribution in [0.3, 0.4) is 0 Å². The Morgan fingerprint density at radius 2 is 1.48 bits per heavy atom. The number of hydrogen-bond donors (Lipinski definition) is 7. The van der Waals surface area contributed by atoms with E-state index in [0.717, 1.165) is 23.1 Å². The third kappa shape index (κ3) is 10.3. The predicted octanol–water partition coefficient (Wildman–Crippen LogP) is 2.45. The molecular weight excluding hydrogens is 640 g/mol. The van der Waals surface area contributed by atoms with Crippen molar-refractivity contribution in [1.82, 2.24) is 31.2 Å². The number of phenols is 1. The predicted molar refractivity (Wildman–Crippen MR) is 187 cm³/mol. The van der Waals surface area contributed by atoms with Crippen molar-refractivity contribution in [3.8, 4) is 5.75 Å². The number of nitrogens with one attached hydrogen (secondary N) is 5. The minimum absolute atomic E-state index is 0.0155. The van der Waals surface area contributed by atoms with Gasteiger partial charge in [0.25, 0.3) is 0 Å². The summed E-state index contributed by atoms with van der Waals surface area (Å²) in [6.45, 7) is 5.34. The van der Waals surface area contributed by atoms with Crippen LogP contribution in [0.25, 0.3) is 5.57 Å². The lowest BCUT2D eigenvalue weighted by Crippen LogP contribution is -2.58. The van der Waals surface area contributed by atoms with Gasteiger partial charge in [0.05, 0.1) is 18.4 Å². The van der Waals surface area contributed by atoms with Crippen molar-refractivity contribution in [2.24, 2.45) is 5.41 Å². The Morgan fingerprint density at radius 1 is 0.840 bits per heavy atom. The lowest BCUT2D eigenvalue weighted by atomic mass is 9.83. The fraction of sp³-hybridized carbons (Fsp3) is 0.405. The van der Waals surface area contributed by atoms with Crippen LogP contribution >= 0.6 is 0 Å². The average Bonchev–Trinajstić information content (AvgIpc) is 3.75. The van der Waals surface area contributed by atoms with E-state index in [-0.39, 0.29) is 37.2 Å². The summed E-state index contributed by atoms with van der Waals surface area (Å²) in [5.41, 5.74) is 3.58. The number of aromatic hydroxyl groups is 1. The van der Waals surface area contributed by atoms with Gasteiger partial charge < -0.3 is 36.5 Å². The minimum atomic E-state index is -1.29. The number of aromatic nitrogens is 2. The Hall–Kier alpha value is -5.30. The molecule has 0 aliphatic heterocycles. The van der Waals surface area contributed by atoms with E-state index in [2.05, 4.69) is 37.3 Å². The first kappa shape index (κ1) is 37.5. The van der Waals surface area contributed by atoms with Crippen LogP contribution in [0, 0.1) is 5.41 Å². The van der Waals surface area contributed by atoms with Crippen molar-refractivity contribution < 1.29 is 34.2 Å². The maximum absolute atomic E-state index is 14.1. The zero-order chi connectivity index (χ0) is 36.4. The normalized spacial score (nSPS) is 14.8. The molecule has 4 atom stereocenters. The number of benzene rings is 2. The number of carboxylic acid groups (broad SMARTS) is 1. The van der Waals surface area contributed by atoms with Gasteiger partial charge in [-0.1, -0.05) is 63.2 Å². The van der Waals surface area contributed by atoms with Crippen LogP contribution in [0.4, 0.5) is 0 Å². The van der Waals surface area contributed by atoms with Crippen LogP contribution in [-0.4, -0.2) is 80.9 Å². The van der Waals surface area contributed by atoms with Gasteiger partial charge >= 0.3 is 5.97 Å². The maximum atomic E-state index is 14.1. The highest BCUT2D eigenvalue weighted by molar-refractivity contribution is 5.97. The molecule has 1 aliphatic rings. The summed E-state index contributed by atoms with van der Waals surface area (Å²) in [5.74, 6) is -3.27. The van der Waals surface area contributed by atoms with E-state index in [4.69, 9.17) is 0 Å². The molecule has 4 rings (SSSR count). The van der Waals surface area contributed by atoms with E-state index in [9.17, 15) is 34.2 Å². The molecule has 13 heteroatoms. The first-order valence-corrected chi connectivity index (χ1v) is 16.6. The van der Waals surface area contributed by atoms with Gasteiger partial charge in [0.15, 0.2) is 5.78 Å². The second-order valence-corrected chi connectivity index (χ2v) is 13.5. The van der Waals surface area contributed by atoms with Crippen LogP contribution in [0.15, 0.2) is 67.1 Å². The van der Waals surface area contributed by atoms with Crippen molar-refractivity contribution in [2.75, 3.05) is 7.05 Å². The Bertz CT molecular complexity index is 1700. The highest BCUT2D eigenvalue weighted by atomic mass is 16.4. The van der Waals surface area contributed by atoms with Crippen LogP contribution in [-0.2, 0) is 43.2 Å². The van der Waals surface area contributed by atoms with Crippen LogP contribution < -0.4 is 21.3 Å². The number of aromatic amines is 1. The molecule has 0 saturated heterocycles. The molecule has 7 N–H and O–H groups in total. The number of carbonyl (C=O) groups excluding carboxylic acids is 4. The molecule has 0 bridgehead atoms. The number of H-pyrrole nitrogens is 1. The molecular formula is C37H46N6O7. The van der Waals surface area contributed by atoms with Crippen LogP contribution in [0.5, 0.6) is 5.75 Å². The number of ketones is 1. The molecule has 3 aromatic rings. The Labute approximate surface area is 291 Å².